The average Bonchev–Trinajstić information content (AvgIpc) is 1.13. The molecule has 2 amide bonds. The zero-order valence-corrected chi connectivity index (χ0v) is 58.6. The number of hydrogen-bond donors (Lipinski definition) is 1. The van der Waals surface area contributed by atoms with Crippen LogP contribution >= 0.6 is 0 Å². The number of benzene rings is 3. The van der Waals surface area contributed by atoms with Gasteiger partial charge >= 0.3 is 0 Å². The van der Waals surface area contributed by atoms with E-state index in [-0.39, 0.29) is 82.5 Å². The molecule has 0 radical (unpaired) electrons. The first-order chi connectivity index (χ1) is 45.3. The van der Waals surface area contributed by atoms with Crippen molar-refractivity contribution in [3.63, 3.8) is 0 Å². The van der Waals surface area contributed by atoms with E-state index in [9.17, 15) is 40.4 Å². The topological polar surface area (TPSA) is 193 Å². The Bertz CT molecular complexity index is 3770. The molecule has 2 saturated carbocycles. The molecular formula is C71H102F2N12O8S2. The van der Waals surface area contributed by atoms with Gasteiger partial charge in [-0.05, 0) is 185 Å². The van der Waals surface area contributed by atoms with Crippen LogP contribution < -0.4 is 4.84 Å². The summed E-state index contributed by atoms with van der Waals surface area (Å²) >= 11 is 0. The summed E-state index contributed by atoms with van der Waals surface area (Å²) in [5.74, 6) is -0.0437. The summed E-state index contributed by atoms with van der Waals surface area (Å²) in [6.45, 7) is 26.8. The van der Waals surface area contributed by atoms with Gasteiger partial charge in [0.05, 0.1) is 44.4 Å². The van der Waals surface area contributed by atoms with Crippen LogP contribution in [0.1, 0.15) is 178 Å². The molecule has 2 aromatic heterocycles. The normalized spacial score (nSPS) is 24.2. The van der Waals surface area contributed by atoms with E-state index in [0.29, 0.717) is 87.2 Å². The third kappa shape index (κ3) is 14.7. The van der Waals surface area contributed by atoms with Crippen LogP contribution in [0.4, 0.5) is 8.78 Å². The maximum absolute atomic E-state index is 14.6. The summed E-state index contributed by atoms with van der Waals surface area (Å²) in [5, 5.41) is 18.1. The highest BCUT2D eigenvalue weighted by atomic mass is 32.2. The fourth-order valence-electron chi connectivity index (χ4n) is 16.7. The van der Waals surface area contributed by atoms with Crippen molar-refractivity contribution >= 4 is 31.9 Å². The van der Waals surface area contributed by atoms with Gasteiger partial charge < -0.3 is 19.8 Å². The van der Waals surface area contributed by atoms with Gasteiger partial charge in [0.15, 0.2) is 0 Å². The highest BCUT2D eigenvalue weighted by Gasteiger charge is 2.48. The molecule has 0 bridgehead atoms. The zero-order valence-electron chi connectivity index (χ0n) is 57.0. The van der Waals surface area contributed by atoms with E-state index in [4.69, 9.17) is 4.84 Å². The van der Waals surface area contributed by atoms with Crippen molar-refractivity contribution in [1.29, 1.82) is 0 Å². The van der Waals surface area contributed by atoms with Gasteiger partial charge in [-0.2, -0.15) is 0 Å². The molecule has 520 valence electrons. The number of carbonyl (C=O) groups excluding carboxylic acids is 2. The molecule has 8 aliphatic rings. The Balaban J connectivity index is 0.000000195. The van der Waals surface area contributed by atoms with Gasteiger partial charge in [0.2, 0.25) is 20.0 Å². The van der Waals surface area contributed by atoms with Gasteiger partial charge in [0, 0.05) is 128 Å². The standard InChI is InChI=1S/C39H53FN6O4S.C32H47FN6O4S.H2/c1-28-26-43(23-24-45(28)37(33-11-8-12-34(40)25-33)32-15-19-44(20-16-32)51(48,49)35-13-14-35)39(4)17-21-42(22-18-39)38(47)36-29(2)41-46(30(36)3)50-27-31-9-6-5-7-10-31;1-22-21-36(32(4)12-16-35(17-13-32)31(40)29-23(2)34-39(41)24(29)3)18-19-38(22)30(26-6-5-7-27(33)20-26)25-10-14-37(15-11-25)44(42,43)28-8-9-28;/h5-12,25,28,32,35,37H,13-24,26-27H2,1-4H3;5-7,20,22,25,28,30,41H,8-19,21H2,1-4H3;1H/t28-,37+;22-,30+;/m00./s1. The van der Waals surface area contributed by atoms with E-state index >= 15 is 0 Å². The van der Waals surface area contributed by atoms with E-state index in [1.165, 1.54) is 17.0 Å². The molecule has 4 atom stereocenters. The van der Waals surface area contributed by atoms with Crippen LogP contribution in [0.3, 0.4) is 0 Å². The minimum Gasteiger partial charge on any atom is -0.411 e. The maximum atomic E-state index is 14.6. The summed E-state index contributed by atoms with van der Waals surface area (Å²) in [6, 6.07) is 24.4. The number of sulfonamides is 2. The average molecular weight is 1350 g/mol. The predicted octanol–water partition coefficient (Wildman–Crippen LogP) is 9.28. The van der Waals surface area contributed by atoms with Crippen molar-refractivity contribution < 1.29 is 46.7 Å². The summed E-state index contributed by atoms with van der Waals surface area (Å²) in [5.41, 5.74) is 6.41. The molecule has 1 N–H and O–H groups in total. The number of piperazine rings is 2. The van der Waals surface area contributed by atoms with E-state index in [1.807, 2.05) is 66.1 Å². The first kappa shape index (κ1) is 69.1. The molecule has 0 spiro atoms. The molecule has 0 unspecified atom stereocenters. The van der Waals surface area contributed by atoms with Gasteiger partial charge in [0.25, 0.3) is 11.8 Å². The Morgan fingerprint density at radius 3 is 1.35 bits per heavy atom. The Kier molecular flexibility index (Phi) is 20.5. The monoisotopic (exact) mass is 1350 g/mol. The number of carbonyl (C=O) groups is 2. The Labute approximate surface area is 563 Å². The lowest BCUT2D eigenvalue weighted by Gasteiger charge is -2.54. The van der Waals surface area contributed by atoms with Crippen molar-refractivity contribution in [2.24, 2.45) is 11.8 Å². The fourth-order valence-corrected chi connectivity index (χ4v) is 20.4. The van der Waals surface area contributed by atoms with Crippen LogP contribution in [0, 0.1) is 51.2 Å². The number of piperidine rings is 4. The summed E-state index contributed by atoms with van der Waals surface area (Å²) in [4.78, 5) is 49.5. The second-order valence-corrected chi connectivity index (χ2v) is 33.6. The van der Waals surface area contributed by atoms with Crippen LogP contribution in [0.5, 0.6) is 0 Å². The van der Waals surface area contributed by atoms with E-state index in [2.05, 4.69) is 57.5 Å². The number of nitrogens with zero attached hydrogens (tertiary/aromatic N) is 12. The van der Waals surface area contributed by atoms with E-state index in [1.54, 1.807) is 46.7 Å². The van der Waals surface area contributed by atoms with Crippen LogP contribution in [0.25, 0.3) is 0 Å². The van der Waals surface area contributed by atoms with Gasteiger partial charge in [0.1, 0.15) is 18.2 Å². The number of aromatic nitrogens is 4. The molecule has 20 nitrogen and oxygen atoms in total. The van der Waals surface area contributed by atoms with Crippen LogP contribution in [-0.2, 0) is 26.7 Å². The van der Waals surface area contributed by atoms with Crippen LogP contribution in [0.15, 0.2) is 78.9 Å². The molecule has 24 heteroatoms. The van der Waals surface area contributed by atoms with Crippen molar-refractivity contribution in [3.05, 3.63) is 141 Å². The third-order valence-corrected chi connectivity index (χ3v) is 27.7. The molecule has 5 aromatic rings. The summed E-state index contributed by atoms with van der Waals surface area (Å²) < 4.78 is 84.3. The Morgan fingerprint density at radius 1 is 0.558 bits per heavy atom. The van der Waals surface area contributed by atoms with Crippen molar-refractivity contribution in [1.82, 2.24) is 57.9 Å². The van der Waals surface area contributed by atoms with Crippen molar-refractivity contribution in [2.75, 3.05) is 91.6 Å². The second-order valence-electron chi connectivity index (χ2n) is 29.2. The minimum absolute atomic E-state index is 0. The van der Waals surface area contributed by atoms with Crippen molar-refractivity contribution in [3.8, 4) is 0 Å². The molecule has 2 aliphatic carbocycles. The molecule has 8 fully saturated rings. The maximum Gasteiger partial charge on any atom is 0.257 e. The minimum atomic E-state index is -3.19. The van der Waals surface area contributed by atoms with Crippen LogP contribution in [-0.4, -0.2) is 217 Å². The first-order valence-corrected chi connectivity index (χ1v) is 37.9. The lowest BCUT2D eigenvalue weighted by atomic mass is 9.82. The summed E-state index contributed by atoms with van der Waals surface area (Å²) in [7, 11) is -6.38. The number of halogens is 2. The smallest absolute Gasteiger partial charge is 0.257 e. The first-order valence-electron chi connectivity index (χ1n) is 34.9. The second kappa shape index (κ2) is 28.2. The molecule has 8 heterocycles. The molecule has 13 rings (SSSR count). The largest absolute Gasteiger partial charge is 0.411 e. The number of likely N-dealkylation sites (tertiary alicyclic amines) is 2. The SMILES string of the molecule is Cc1nn(O)c(C)c1C(=O)N1CCC(C)(N2CCN([C@@H](c3cccc(F)c3)C3CCN(S(=O)(=O)C4CC4)CC3)[C@@H](C)C2)CC1.Cc1nn(OCc2ccccc2)c(C)c1C(=O)N1CCC(C)(N2CCN([C@@H](c3cccc(F)c3)C3CCN(S(=O)(=O)C4CC4)CC3)[C@@H](C)C2)CC1.[HH]. The lowest BCUT2D eigenvalue weighted by molar-refractivity contribution is -0.0422. The molecule has 6 aliphatic heterocycles. The Morgan fingerprint density at radius 2 is 0.968 bits per heavy atom. The van der Waals surface area contributed by atoms with Gasteiger partial charge in [-0.25, -0.2) is 34.2 Å². The molecular weight excluding hydrogens is 1250 g/mol. The van der Waals surface area contributed by atoms with Crippen LogP contribution in [0.2, 0.25) is 0 Å². The van der Waals surface area contributed by atoms with Crippen molar-refractivity contribution in [2.45, 2.75) is 185 Å². The predicted molar refractivity (Wildman–Crippen MR) is 363 cm³/mol. The molecule has 95 heavy (non-hydrogen) atoms. The van der Waals surface area contributed by atoms with Gasteiger partial charge in [-0.15, -0.1) is 19.9 Å². The highest BCUT2D eigenvalue weighted by Crippen LogP contribution is 2.44. The fraction of sp³-hybridized carbons (Fsp3) is 0.634. The number of amides is 2. The number of aryl methyl sites for hydroxylation is 2. The van der Waals surface area contributed by atoms with Gasteiger partial charge in [-0.1, -0.05) is 54.6 Å². The quantitative estimate of drug-likeness (QED) is 0.0866. The highest BCUT2D eigenvalue weighted by molar-refractivity contribution is 7.90. The number of rotatable bonds is 17. The molecule has 3 aromatic carbocycles. The Hall–Kier alpha value is -5.86. The van der Waals surface area contributed by atoms with Gasteiger partial charge in [-0.3, -0.25) is 29.2 Å². The lowest BCUT2D eigenvalue weighted by Crippen LogP contribution is -2.63. The zero-order chi connectivity index (χ0) is 67.3. The summed E-state index contributed by atoms with van der Waals surface area (Å²) in [6.07, 6.45) is 9.68. The third-order valence-electron chi connectivity index (χ3n) is 22.9. The molecule has 6 saturated heterocycles. The van der Waals surface area contributed by atoms with E-state index in [0.717, 1.165) is 144 Å². The van der Waals surface area contributed by atoms with E-state index < -0.39 is 20.0 Å². The number of hydrogen-bond acceptors (Lipinski definition) is 14.